The predicted octanol–water partition coefficient (Wildman–Crippen LogP) is 4.93. The molecule has 1 amide bonds. The van der Waals surface area contributed by atoms with Gasteiger partial charge in [0.25, 0.3) is 5.91 Å². The molecule has 1 aromatic heterocycles. The van der Waals surface area contributed by atoms with Crippen molar-refractivity contribution < 1.29 is 17.9 Å². The van der Waals surface area contributed by atoms with Gasteiger partial charge in [0.1, 0.15) is 5.75 Å². The summed E-state index contributed by atoms with van der Waals surface area (Å²) in [5.41, 5.74) is 1.89. The third kappa shape index (κ3) is 4.87. The fourth-order valence-corrected chi connectivity index (χ4v) is 5.95. The van der Waals surface area contributed by atoms with E-state index in [0.717, 1.165) is 18.4 Å². The van der Waals surface area contributed by atoms with E-state index in [4.69, 9.17) is 4.74 Å². The molecule has 6 nitrogen and oxygen atoms in total. The summed E-state index contributed by atoms with van der Waals surface area (Å²) in [5, 5.41) is 4.85. The van der Waals surface area contributed by atoms with E-state index in [1.807, 2.05) is 23.6 Å². The van der Waals surface area contributed by atoms with Crippen LogP contribution in [0, 0.1) is 0 Å². The number of carbonyl (C=O) groups is 1. The number of anilines is 1. The smallest absolute Gasteiger partial charge is 0.255 e. The Hall–Kier alpha value is -2.68. The van der Waals surface area contributed by atoms with Crippen LogP contribution in [-0.4, -0.2) is 31.8 Å². The van der Waals surface area contributed by atoms with Gasteiger partial charge in [-0.2, -0.15) is 4.31 Å². The highest BCUT2D eigenvalue weighted by Crippen LogP contribution is 2.29. The van der Waals surface area contributed by atoms with Crippen LogP contribution in [0.5, 0.6) is 5.75 Å². The molecular formula is C24H26N2O4S2. The molecule has 1 aliphatic heterocycles. The van der Waals surface area contributed by atoms with Crippen LogP contribution in [0.3, 0.4) is 0 Å². The third-order valence-corrected chi connectivity index (χ3v) is 8.26. The molecule has 0 fully saturated rings. The lowest BCUT2D eigenvalue weighted by molar-refractivity contribution is 0.102. The second-order valence-corrected chi connectivity index (χ2v) is 10.6. The first kappa shape index (κ1) is 22.5. The van der Waals surface area contributed by atoms with Crippen molar-refractivity contribution in [2.75, 3.05) is 18.5 Å². The second kappa shape index (κ2) is 9.85. The highest BCUT2D eigenvalue weighted by molar-refractivity contribution is 7.89. The normalized spacial score (nSPS) is 14.0. The lowest BCUT2D eigenvalue weighted by Gasteiger charge is -2.26. The number of carbonyl (C=O) groups excluding carboxylic acids is 1. The number of sulfonamides is 1. The molecule has 0 radical (unpaired) electrons. The van der Waals surface area contributed by atoms with Gasteiger partial charge in [-0.05, 0) is 60.2 Å². The Morgan fingerprint density at radius 1 is 1.16 bits per heavy atom. The molecule has 2 aromatic carbocycles. The number of rotatable bonds is 8. The minimum Gasteiger partial charge on any atom is -0.491 e. The third-order valence-electron chi connectivity index (χ3n) is 5.40. The van der Waals surface area contributed by atoms with E-state index >= 15 is 0 Å². The summed E-state index contributed by atoms with van der Waals surface area (Å²) in [6.45, 7) is 3.45. The molecule has 1 aliphatic rings. The monoisotopic (exact) mass is 470 g/mol. The van der Waals surface area contributed by atoms with Crippen LogP contribution in [0.15, 0.2) is 64.9 Å². The predicted molar refractivity (Wildman–Crippen MR) is 127 cm³/mol. The van der Waals surface area contributed by atoms with Crippen LogP contribution in [0.25, 0.3) is 0 Å². The number of benzene rings is 2. The molecule has 168 valence electrons. The summed E-state index contributed by atoms with van der Waals surface area (Å²) >= 11 is 1.66. The Kier molecular flexibility index (Phi) is 6.93. The van der Waals surface area contributed by atoms with Crippen molar-refractivity contribution >= 4 is 33.0 Å². The summed E-state index contributed by atoms with van der Waals surface area (Å²) in [4.78, 5) is 14.3. The highest BCUT2D eigenvalue weighted by Gasteiger charge is 2.29. The number of nitrogens with one attached hydrogen (secondary N) is 1. The average Bonchev–Trinajstić information content (AvgIpc) is 3.28. The molecule has 1 N–H and O–H groups in total. The fourth-order valence-electron chi connectivity index (χ4n) is 3.59. The number of ether oxygens (including phenoxy) is 1. The summed E-state index contributed by atoms with van der Waals surface area (Å²) in [6.07, 6.45) is 2.65. The zero-order valence-electron chi connectivity index (χ0n) is 17.9. The fraction of sp³-hybridized carbons (Fsp3) is 0.292. The van der Waals surface area contributed by atoms with E-state index in [2.05, 4.69) is 12.2 Å². The Morgan fingerprint density at radius 2 is 2.00 bits per heavy atom. The largest absolute Gasteiger partial charge is 0.491 e. The van der Waals surface area contributed by atoms with Gasteiger partial charge < -0.3 is 10.1 Å². The Balaban J connectivity index is 1.51. The van der Waals surface area contributed by atoms with Crippen LogP contribution in [0.4, 0.5) is 5.69 Å². The maximum absolute atomic E-state index is 13.2. The first-order valence-corrected chi connectivity index (χ1v) is 13.0. The van der Waals surface area contributed by atoms with E-state index in [-0.39, 0.29) is 16.4 Å². The van der Waals surface area contributed by atoms with Crippen molar-refractivity contribution in [3.8, 4) is 5.75 Å². The van der Waals surface area contributed by atoms with Gasteiger partial charge in [-0.1, -0.05) is 31.5 Å². The lowest BCUT2D eigenvalue weighted by Crippen LogP contribution is -2.35. The first-order chi connectivity index (χ1) is 15.5. The van der Waals surface area contributed by atoms with Crippen molar-refractivity contribution in [2.45, 2.75) is 37.6 Å². The molecule has 0 aliphatic carbocycles. The van der Waals surface area contributed by atoms with Crippen LogP contribution >= 0.6 is 11.3 Å². The van der Waals surface area contributed by atoms with E-state index in [1.54, 1.807) is 35.6 Å². The van der Waals surface area contributed by atoms with Gasteiger partial charge in [0.2, 0.25) is 10.0 Å². The minimum atomic E-state index is -3.70. The van der Waals surface area contributed by atoms with Gasteiger partial charge in [-0.15, -0.1) is 11.3 Å². The van der Waals surface area contributed by atoms with Crippen molar-refractivity contribution in [3.63, 3.8) is 0 Å². The first-order valence-electron chi connectivity index (χ1n) is 10.7. The van der Waals surface area contributed by atoms with Crippen LogP contribution in [-0.2, 0) is 23.0 Å². The van der Waals surface area contributed by atoms with E-state index in [1.165, 1.54) is 21.3 Å². The number of thiophene rings is 1. The number of para-hydroxylation sites is 2. The van der Waals surface area contributed by atoms with Crippen molar-refractivity contribution in [2.24, 2.45) is 0 Å². The van der Waals surface area contributed by atoms with E-state index in [9.17, 15) is 13.2 Å². The molecule has 0 bridgehead atoms. The minimum absolute atomic E-state index is 0.122. The highest BCUT2D eigenvalue weighted by atomic mass is 32.2. The summed E-state index contributed by atoms with van der Waals surface area (Å²) in [7, 11) is -3.70. The standard InChI is InChI=1S/C24H26N2O4S2/c1-2-3-14-30-22-10-5-4-9-21(22)25-24(27)18-7-6-8-20(16-18)32(28,29)26-13-11-23-19(17-26)12-15-31-23/h4-10,12,15-16H,2-3,11,13-14,17H2,1H3,(H,25,27). The molecule has 4 rings (SSSR count). The van der Waals surface area contributed by atoms with Crippen molar-refractivity contribution in [1.29, 1.82) is 0 Å². The van der Waals surface area contributed by atoms with E-state index < -0.39 is 10.0 Å². The van der Waals surface area contributed by atoms with Crippen molar-refractivity contribution in [1.82, 2.24) is 4.31 Å². The topological polar surface area (TPSA) is 75.7 Å². The molecule has 8 heteroatoms. The van der Waals surface area contributed by atoms with Gasteiger partial charge in [-0.25, -0.2) is 8.42 Å². The maximum atomic E-state index is 13.2. The van der Waals surface area contributed by atoms with Gasteiger partial charge in [0, 0.05) is 23.5 Å². The number of fused-ring (bicyclic) bond motifs is 1. The molecule has 0 saturated heterocycles. The Morgan fingerprint density at radius 3 is 2.84 bits per heavy atom. The van der Waals surface area contributed by atoms with Gasteiger partial charge in [0.15, 0.2) is 0 Å². The van der Waals surface area contributed by atoms with Crippen LogP contribution in [0.2, 0.25) is 0 Å². The van der Waals surface area contributed by atoms with Crippen LogP contribution in [0.1, 0.15) is 40.6 Å². The summed E-state index contributed by atoms with van der Waals surface area (Å²) in [6, 6.07) is 15.4. The van der Waals surface area contributed by atoms with Gasteiger partial charge in [-0.3, -0.25) is 4.79 Å². The number of hydrogen-bond donors (Lipinski definition) is 1. The Bertz CT molecular complexity index is 1200. The van der Waals surface area contributed by atoms with E-state index in [0.29, 0.717) is 37.6 Å². The van der Waals surface area contributed by atoms with Gasteiger partial charge >= 0.3 is 0 Å². The SMILES string of the molecule is CCCCOc1ccccc1NC(=O)c1cccc(S(=O)(=O)N2CCc3sccc3C2)c1. The molecule has 0 atom stereocenters. The zero-order chi connectivity index (χ0) is 22.6. The molecule has 0 spiro atoms. The molecule has 0 saturated carbocycles. The molecular weight excluding hydrogens is 444 g/mol. The van der Waals surface area contributed by atoms with Gasteiger partial charge in [0.05, 0.1) is 17.2 Å². The molecule has 2 heterocycles. The Labute approximate surface area is 192 Å². The molecule has 0 unspecified atom stereocenters. The number of hydrogen-bond acceptors (Lipinski definition) is 5. The van der Waals surface area contributed by atoms with Crippen molar-refractivity contribution in [3.05, 3.63) is 76.0 Å². The summed E-state index contributed by atoms with van der Waals surface area (Å²) in [5.74, 6) is 0.213. The summed E-state index contributed by atoms with van der Waals surface area (Å²) < 4.78 is 33.7. The number of unbranched alkanes of at least 4 members (excludes halogenated alkanes) is 1. The van der Waals surface area contributed by atoms with Crippen LogP contribution < -0.4 is 10.1 Å². The number of nitrogens with zero attached hydrogens (tertiary/aromatic N) is 1. The number of amides is 1. The zero-order valence-corrected chi connectivity index (χ0v) is 19.5. The average molecular weight is 471 g/mol. The quantitative estimate of drug-likeness (QED) is 0.474. The second-order valence-electron chi connectivity index (χ2n) is 7.64. The molecule has 3 aromatic rings. The maximum Gasteiger partial charge on any atom is 0.255 e. The lowest BCUT2D eigenvalue weighted by atomic mass is 10.1. The molecule has 32 heavy (non-hydrogen) atoms.